The number of hydrogen-bond donors (Lipinski definition) is 1. The van der Waals surface area contributed by atoms with Crippen LogP contribution in [-0.4, -0.2) is 5.91 Å². The van der Waals surface area contributed by atoms with Gasteiger partial charge in [0.1, 0.15) is 5.82 Å². The summed E-state index contributed by atoms with van der Waals surface area (Å²) in [4.78, 5) is 11.2. The molecule has 1 aliphatic heterocycles. The highest BCUT2D eigenvalue weighted by atomic mass is 19.1. The number of rotatable bonds is 1. The van der Waals surface area contributed by atoms with E-state index in [0.717, 1.165) is 11.1 Å². The van der Waals surface area contributed by atoms with Crippen LogP contribution in [0.2, 0.25) is 0 Å². The minimum absolute atomic E-state index is 0.217. The fraction of sp³-hybridized carbons (Fsp3) is 0.364. The lowest BCUT2D eigenvalue weighted by molar-refractivity contribution is 0.0962. The molecule has 0 aromatic heterocycles. The van der Waals surface area contributed by atoms with E-state index in [1.165, 1.54) is 6.07 Å². The summed E-state index contributed by atoms with van der Waals surface area (Å²) in [7, 11) is 0. The van der Waals surface area contributed by atoms with E-state index in [2.05, 4.69) is 5.32 Å². The van der Waals surface area contributed by atoms with Crippen LogP contribution in [-0.2, 0) is 6.54 Å². The van der Waals surface area contributed by atoms with Crippen molar-refractivity contribution >= 4 is 5.91 Å². The Morgan fingerprint density at radius 2 is 2.14 bits per heavy atom. The molecule has 0 atom stereocenters. The molecule has 2 rings (SSSR count). The highest BCUT2D eigenvalue weighted by Gasteiger charge is 2.23. The Bertz CT molecular complexity index is 399. The van der Waals surface area contributed by atoms with E-state index in [0.29, 0.717) is 6.54 Å². The second-order valence-corrected chi connectivity index (χ2v) is 3.87. The van der Waals surface area contributed by atoms with Crippen LogP contribution in [0.5, 0.6) is 0 Å². The van der Waals surface area contributed by atoms with Crippen LogP contribution in [0.25, 0.3) is 0 Å². The predicted octanol–water partition coefficient (Wildman–Crippen LogP) is 2.19. The van der Waals surface area contributed by atoms with E-state index in [9.17, 15) is 9.18 Å². The Morgan fingerprint density at radius 3 is 2.79 bits per heavy atom. The molecular formula is C11H12FNO. The van der Waals surface area contributed by atoms with E-state index in [-0.39, 0.29) is 17.4 Å². The van der Waals surface area contributed by atoms with Gasteiger partial charge in [-0.1, -0.05) is 19.9 Å². The molecule has 0 aliphatic carbocycles. The highest BCUT2D eigenvalue weighted by molar-refractivity contribution is 5.98. The first-order valence-electron chi connectivity index (χ1n) is 4.70. The summed E-state index contributed by atoms with van der Waals surface area (Å²) >= 11 is 0. The van der Waals surface area contributed by atoms with Gasteiger partial charge in [0, 0.05) is 6.54 Å². The molecule has 1 N–H and O–H groups in total. The van der Waals surface area contributed by atoms with E-state index in [1.807, 2.05) is 19.9 Å². The van der Waals surface area contributed by atoms with E-state index in [4.69, 9.17) is 0 Å². The fourth-order valence-electron chi connectivity index (χ4n) is 1.68. The summed E-state index contributed by atoms with van der Waals surface area (Å²) in [6.45, 7) is 4.46. The number of nitrogens with one attached hydrogen (secondary N) is 1. The van der Waals surface area contributed by atoms with Gasteiger partial charge in [-0.2, -0.15) is 0 Å². The summed E-state index contributed by atoms with van der Waals surface area (Å²) in [6.07, 6.45) is 0. The maximum absolute atomic E-state index is 13.5. The van der Waals surface area contributed by atoms with Gasteiger partial charge >= 0.3 is 0 Å². The second kappa shape index (κ2) is 3.08. The third-order valence-electron chi connectivity index (χ3n) is 2.53. The molecule has 0 bridgehead atoms. The summed E-state index contributed by atoms with van der Waals surface area (Å²) < 4.78 is 13.5. The lowest BCUT2D eigenvalue weighted by atomic mass is 9.98. The van der Waals surface area contributed by atoms with Crippen molar-refractivity contribution in [1.82, 2.24) is 5.32 Å². The number of hydrogen-bond acceptors (Lipinski definition) is 1. The third-order valence-corrected chi connectivity index (χ3v) is 2.53. The first-order chi connectivity index (χ1) is 6.59. The Labute approximate surface area is 82.1 Å². The zero-order valence-corrected chi connectivity index (χ0v) is 8.23. The Hall–Kier alpha value is -1.38. The van der Waals surface area contributed by atoms with E-state index in [1.54, 1.807) is 0 Å². The van der Waals surface area contributed by atoms with Crippen LogP contribution >= 0.6 is 0 Å². The Morgan fingerprint density at radius 1 is 1.43 bits per heavy atom. The van der Waals surface area contributed by atoms with Crippen LogP contribution in [0.4, 0.5) is 4.39 Å². The molecule has 0 spiro atoms. The molecule has 0 unspecified atom stereocenters. The van der Waals surface area contributed by atoms with Crippen LogP contribution in [0, 0.1) is 5.82 Å². The molecule has 14 heavy (non-hydrogen) atoms. The van der Waals surface area contributed by atoms with Crippen molar-refractivity contribution in [3.05, 3.63) is 34.6 Å². The predicted molar refractivity (Wildman–Crippen MR) is 51.7 cm³/mol. The fourth-order valence-corrected chi connectivity index (χ4v) is 1.68. The molecular weight excluding hydrogens is 181 g/mol. The average Bonchev–Trinajstić information content (AvgIpc) is 2.48. The topological polar surface area (TPSA) is 29.1 Å². The molecule has 1 aliphatic rings. The van der Waals surface area contributed by atoms with Crippen molar-refractivity contribution < 1.29 is 9.18 Å². The van der Waals surface area contributed by atoms with Gasteiger partial charge in [-0.25, -0.2) is 4.39 Å². The molecule has 1 aromatic rings. The van der Waals surface area contributed by atoms with Crippen LogP contribution < -0.4 is 5.32 Å². The Balaban J connectivity index is 2.57. The molecule has 2 nitrogen and oxygen atoms in total. The number of carbonyl (C=O) groups excluding carboxylic acids is 1. The molecule has 0 saturated carbocycles. The van der Waals surface area contributed by atoms with Crippen LogP contribution in [0.15, 0.2) is 12.1 Å². The second-order valence-electron chi connectivity index (χ2n) is 3.87. The highest BCUT2D eigenvalue weighted by Crippen LogP contribution is 2.24. The van der Waals surface area contributed by atoms with Gasteiger partial charge in [-0.05, 0) is 23.1 Å². The van der Waals surface area contributed by atoms with Crippen LogP contribution in [0.1, 0.15) is 41.3 Å². The first-order valence-corrected chi connectivity index (χ1v) is 4.70. The van der Waals surface area contributed by atoms with Gasteiger partial charge in [0.25, 0.3) is 5.91 Å². The molecule has 1 aromatic carbocycles. The molecule has 74 valence electrons. The summed E-state index contributed by atoms with van der Waals surface area (Å²) in [6, 6.07) is 3.36. The summed E-state index contributed by atoms with van der Waals surface area (Å²) in [5.41, 5.74) is 1.94. The summed E-state index contributed by atoms with van der Waals surface area (Å²) in [5.74, 6) is -0.417. The zero-order valence-electron chi connectivity index (χ0n) is 8.23. The number of fused-ring (bicyclic) bond motifs is 1. The molecule has 1 heterocycles. The van der Waals surface area contributed by atoms with Gasteiger partial charge < -0.3 is 5.32 Å². The third kappa shape index (κ3) is 1.29. The number of amides is 1. The standard InChI is InChI=1S/C11H12FNO/c1-6(2)7-3-8-5-13-11(14)10(8)9(12)4-7/h3-4,6H,5H2,1-2H3,(H,13,14). The molecule has 1 amide bonds. The van der Waals surface area contributed by atoms with Gasteiger partial charge in [0.05, 0.1) is 5.56 Å². The van der Waals surface area contributed by atoms with Gasteiger partial charge in [0.2, 0.25) is 0 Å². The quantitative estimate of drug-likeness (QED) is 0.727. The van der Waals surface area contributed by atoms with Crippen molar-refractivity contribution in [2.24, 2.45) is 0 Å². The van der Waals surface area contributed by atoms with Crippen molar-refractivity contribution in [2.45, 2.75) is 26.3 Å². The zero-order chi connectivity index (χ0) is 10.3. The van der Waals surface area contributed by atoms with Crippen molar-refractivity contribution in [3.63, 3.8) is 0 Å². The maximum atomic E-state index is 13.5. The lowest BCUT2D eigenvalue weighted by Crippen LogP contribution is -2.13. The van der Waals surface area contributed by atoms with E-state index < -0.39 is 5.82 Å². The van der Waals surface area contributed by atoms with Gasteiger partial charge in [0.15, 0.2) is 0 Å². The molecule has 3 heteroatoms. The summed E-state index contributed by atoms with van der Waals surface area (Å²) in [5, 5.41) is 2.61. The largest absolute Gasteiger partial charge is 0.348 e. The Kier molecular flexibility index (Phi) is 2.02. The lowest BCUT2D eigenvalue weighted by Gasteiger charge is -2.07. The van der Waals surface area contributed by atoms with Gasteiger partial charge in [-0.3, -0.25) is 4.79 Å². The number of halogens is 1. The molecule has 0 fully saturated rings. The minimum Gasteiger partial charge on any atom is -0.348 e. The number of carbonyl (C=O) groups is 1. The molecule has 0 saturated heterocycles. The monoisotopic (exact) mass is 193 g/mol. The van der Waals surface area contributed by atoms with Gasteiger partial charge in [-0.15, -0.1) is 0 Å². The smallest absolute Gasteiger partial charge is 0.254 e. The SMILES string of the molecule is CC(C)c1cc(F)c2c(c1)CNC2=O. The van der Waals surface area contributed by atoms with Crippen molar-refractivity contribution in [1.29, 1.82) is 0 Å². The minimum atomic E-state index is -0.402. The van der Waals surface area contributed by atoms with Crippen LogP contribution in [0.3, 0.4) is 0 Å². The average molecular weight is 193 g/mol. The molecule has 0 radical (unpaired) electrons. The maximum Gasteiger partial charge on any atom is 0.254 e. The van der Waals surface area contributed by atoms with E-state index >= 15 is 0 Å². The number of benzene rings is 1. The van der Waals surface area contributed by atoms with Crippen molar-refractivity contribution in [3.8, 4) is 0 Å². The van der Waals surface area contributed by atoms with Crippen molar-refractivity contribution in [2.75, 3.05) is 0 Å². The first kappa shape index (κ1) is 9.19. The normalized spacial score (nSPS) is 14.4.